The monoisotopic (exact) mass is 588 g/mol. The summed E-state index contributed by atoms with van der Waals surface area (Å²) in [5.41, 5.74) is 2.53. The second-order valence-corrected chi connectivity index (χ2v) is 11.5. The molecule has 6 aromatic rings. The van der Waals surface area contributed by atoms with Crippen LogP contribution in [0.15, 0.2) is 81.8 Å². The molecule has 0 aliphatic carbocycles. The quantitative estimate of drug-likeness (QED) is 0.253. The molecule has 0 aliphatic rings. The van der Waals surface area contributed by atoms with Crippen molar-refractivity contribution in [1.29, 1.82) is 0 Å². The Labute approximate surface area is 238 Å². The van der Waals surface area contributed by atoms with Crippen molar-refractivity contribution < 1.29 is 30.8 Å². The van der Waals surface area contributed by atoms with Crippen molar-refractivity contribution in [2.24, 2.45) is 0 Å². The van der Waals surface area contributed by atoms with E-state index < -0.39 is 27.6 Å². The molecule has 3 aromatic heterocycles. The van der Waals surface area contributed by atoms with Gasteiger partial charge in [-0.1, -0.05) is 6.07 Å². The first kappa shape index (κ1) is 27.1. The minimum atomic E-state index is -3.77. The number of fused-ring (bicyclic) bond motifs is 2. The second kappa shape index (κ2) is 10.1. The van der Waals surface area contributed by atoms with Crippen LogP contribution in [0.5, 0.6) is 0 Å². The number of halogens is 2. The minimum absolute atomic E-state index is 0.00453. The number of carbonyl (C=O) groups excluding carboxylic acids is 1. The van der Waals surface area contributed by atoms with Crippen molar-refractivity contribution in [2.45, 2.75) is 0 Å². The number of amides is 1. The van der Waals surface area contributed by atoms with Gasteiger partial charge < -0.3 is 14.2 Å². The number of furan rings is 1. The van der Waals surface area contributed by atoms with Crippen molar-refractivity contribution in [1.82, 2.24) is 15.3 Å². The van der Waals surface area contributed by atoms with Crippen LogP contribution in [0.25, 0.3) is 56.1 Å². The molecule has 0 unspecified atom stereocenters. The number of anilines is 1. The highest BCUT2D eigenvalue weighted by Crippen LogP contribution is 2.42. The van der Waals surface area contributed by atoms with Gasteiger partial charge >= 0.3 is 0 Å². The van der Waals surface area contributed by atoms with E-state index in [0.29, 0.717) is 27.6 Å². The summed E-state index contributed by atoms with van der Waals surface area (Å²) in [7, 11) is -0.929. The van der Waals surface area contributed by atoms with E-state index in [9.17, 15) is 17.6 Å². The molecule has 3 aromatic carbocycles. The molecule has 12 heteroatoms. The smallest absolute Gasteiger partial charge is 0.255 e. The van der Waals surface area contributed by atoms with Crippen LogP contribution < -0.4 is 9.62 Å². The molecular formula is C30H22F2N4O5S. The molecule has 0 fully saturated rings. The first-order chi connectivity index (χ1) is 20.0. The predicted octanol–water partition coefficient (Wildman–Crippen LogP) is 6.00. The van der Waals surface area contributed by atoms with E-state index in [4.69, 9.17) is 8.83 Å². The lowest BCUT2D eigenvalue weighted by Gasteiger charge is -2.21. The summed E-state index contributed by atoms with van der Waals surface area (Å²) >= 11 is 0. The van der Waals surface area contributed by atoms with Gasteiger partial charge in [0.05, 0.1) is 23.1 Å². The van der Waals surface area contributed by atoms with Gasteiger partial charge in [0, 0.05) is 42.9 Å². The van der Waals surface area contributed by atoms with Gasteiger partial charge in [-0.2, -0.15) is 0 Å². The molecule has 0 spiro atoms. The number of aromatic nitrogens is 2. The fourth-order valence-corrected chi connectivity index (χ4v) is 5.21. The van der Waals surface area contributed by atoms with Gasteiger partial charge in [-0.05, 0) is 60.2 Å². The summed E-state index contributed by atoms with van der Waals surface area (Å²) < 4.78 is 67.0. The lowest BCUT2D eigenvalue weighted by atomic mass is 9.97. The van der Waals surface area contributed by atoms with Crippen LogP contribution in [0.2, 0.25) is 0 Å². The van der Waals surface area contributed by atoms with Crippen LogP contribution in [0.1, 0.15) is 10.4 Å². The van der Waals surface area contributed by atoms with Crippen LogP contribution in [-0.4, -0.2) is 44.6 Å². The molecule has 0 aliphatic heterocycles. The SMILES string of the molecule is CNC(=O)c1c(-c2ccc(F)cc2)oc2cc(N(C)S(C)(=O)=O)c(-c3ccc(F)c(-c4nc5cccnc5o4)c3)cc12. The molecule has 0 bridgehead atoms. The molecule has 9 nitrogen and oxygen atoms in total. The Morgan fingerprint density at radius 2 is 1.69 bits per heavy atom. The molecule has 3 heterocycles. The van der Waals surface area contributed by atoms with Gasteiger partial charge in [0.1, 0.15) is 28.5 Å². The Balaban J connectivity index is 1.63. The molecule has 1 amide bonds. The van der Waals surface area contributed by atoms with Gasteiger partial charge in [-0.25, -0.2) is 27.2 Å². The Bertz CT molecular complexity index is 2090. The Kier molecular flexibility index (Phi) is 6.49. The Hall–Kier alpha value is -5.10. The third-order valence-electron chi connectivity index (χ3n) is 6.88. The number of hydrogen-bond donors (Lipinski definition) is 1. The number of benzene rings is 3. The summed E-state index contributed by atoms with van der Waals surface area (Å²) in [6.07, 6.45) is 2.58. The normalized spacial score (nSPS) is 11.7. The van der Waals surface area contributed by atoms with Crippen molar-refractivity contribution >= 4 is 43.8 Å². The van der Waals surface area contributed by atoms with Crippen LogP contribution in [0.4, 0.5) is 14.5 Å². The van der Waals surface area contributed by atoms with Crippen LogP contribution in [0, 0.1) is 11.6 Å². The second-order valence-electron chi connectivity index (χ2n) is 9.53. The van der Waals surface area contributed by atoms with Crippen LogP contribution >= 0.6 is 0 Å². The number of nitrogens with zero attached hydrogens (tertiary/aromatic N) is 3. The average molecular weight is 589 g/mol. The molecule has 42 heavy (non-hydrogen) atoms. The highest BCUT2D eigenvalue weighted by molar-refractivity contribution is 7.92. The largest absolute Gasteiger partial charge is 0.455 e. The zero-order chi connectivity index (χ0) is 29.8. The maximum Gasteiger partial charge on any atom is 0.255 e. The van der Waals surface area contributed by atoms with Gasteiger partial charge in [-0.3, -0.25) is 9.10 Å². The first-order valence-electron chi connectivity index (χ1n) is 12.6. The molecule has 0 radical (unpaired) electrons. The van der Waals surface area contributed by atoms with E-state index in [1.807, 2.05) is 0 Å². The number of nitrogens with one attached hydrogen (secondary N) is 1. The van der Waals surface area contributed by atoms with Crippen LogP contribution in [-0.2, 0) is 10.0 Å². The van der Waals surface area contributed by atoms with Crippen molar-refractivity contribution in [3.8, 4) is 33.9 Å². The molecule has 0 saturated carbocycles. The summed E-state index contributed by atoms with van der Waals surface area (Å²) in [6, 6.07) is 16.1. The maximum absolute atomic E-state index is 15.1. The summed E-state index contributed by atoms with van der Waals surface area (Å²) in [5.74, 6) is -1.37. The fourth-order valence-electron chi connectivity index (χ4n) is 4.70. The summed E-state index contributed by atoms with van der Waals surface area (Å²) in [4.78, 5) is 21.6. The highest BCUT2D eigenvalue weighted by atomic mass is 32.2. The predicted molar refractivity (Wildman–Crippen MR) is 154 cm³/mol. The van der Waals surface area contributed by atoms with Gasteiger partial charge in [0.15, 0.2) is 0 Å². The van der Waals surface area contributed by atoms with E-state index in [-0.39, 0.29) is 39.8 Å². The minimum Gasteiger partial charge on any atom is -0.455 e. The Morgan fingerprint density at radius 1 is 0.952 bits per heavy atom. The zero-order valence-corrected chi connectivity index (χ0v) is 23.3. The lowest BCUT2D eigenvalue weighted by molar-refractivity contribution is 0.0964. The third-order valence-corrected chi connectivity index (χ3v) is 8.07. The number of hydrogen-bond acceptors (Lipinski definition) is 7. The van der Waals surface area contributed by atoms with Gasteiger partial charge in [-0.15, -0.1) is 0 Å². The van der Waals surface area contributed by atoms with Crippen molar-refractivity contribution in [3.63, 3.8) is 0 Å². The van der Waals surface area contributed by atoms with Gasteiger partial charge in [0.25, 0.3) is 5.91 Å². The summed E-state index contributed by atoms with van der Waals surface area (Å²) in [5, 5.41) is 2.96. The van der Waals surface area contributed by atoms with E-state index in [0.717, 1.165) is 10.6 Å². The number of rotatable bonds is 6. The average Bonchev–Trinajstić information content (AvgIpc) is 3.57. The number of pyridine rings is 1. The zero-order valence-electron chi connectivity index (χ0n) is 22.5. The van der Waals surface area contributed by atoms with Gasteiger partial charge in [0.2, 0.25) is 21.6 Å². The number of carbonyl (C=O) groups is 1. The standard InChI is InChI=1S/C30H22F2N4O5S/c1-33-28(37)26-21-14-19(17-8-11-22(32)20(13-17)29-35-23-5-4-12-34-30(23)41-29)24(36(2)42(3,38)39)15-25(21)40-27(26)16-6-9-18(31)10-7-16/h4-15H,1-3H3,(H,33,37). The van der Waals surface area contributed by atoms with Crippen LogP contribution in [0.3, 0.4) is 0 Å². The van der Waals surface area contributed by atoms with Crippen molar-refractivity contribution in [2.75, 3.05) is 24.7 Å². The Morgan fingerprint density at radius 3 is 2.38 bits per heavy atom. The topological polar surface area (TPSA) is 119 Å². The van der Waals surface area contributed by atoms with E-state index in [2.05, 4.69) is 15.3 Å². The van der Waals surface area contributed by atoms with E-state index in [1.165, 1.54) is 68.8 Å². The lowest BCUT2D eigenvalue weighted by Crippen LogP contribution is -2.25. The van der Waals surface area contributed by atoms with E-state index in [1.54, 1.807) is 18.2 Å². The first-order valence-corrected chi connectivity index (χ1v) is 14.4. The molecule has 1 N–H and O–H groups in total. The summed E-state index contributed by atoms with van der Waals surface area (Å²) in [6.45, 7) is 0. The molecular weight excluding hydrogens is 566 g/mol. The maximum atomic E-state index is 15.1. The molecule has 6 rings (SSSR count). The number of sulfonamides is 1. The van der Waals surface area contributed by atoms with Crippen molar-refractivity contribution in [3.05, 3.63) is 90.1 Å². The molecule has 0 saturated heterocycles. The van der Waals surface area contributed by atoms with E-state index >= 15 is 4.39 Å². The molecule has 0 atom stereocenters. The number of oxazole rings is 1. The fraction of sp³-hybridized carbons (Fsp3) is 0.100. The highest BCUT2D eigenvalue weighted by Gasteiger charge is 2.26. The third kappa shape index (κ3) is 4.65. The molecule has 212 valence electrons.